The average Bonchev–Trinajstić information content (AvgIpc) is 3.96. The smallest absolute Gasteiger partial charge is 0.337 e. The summed E-state index contributed by atoms with van der Waals surface area (Å²) in [6.07, 6.45) is -5.85. The molecule has 0 N–H and O–H groups in total. The number of rotatable bonds is 14. The monoisotopic (exact) mass is 860 g/mol. The highest BCUT2D eigenvalue weighted by Gasteiger charge is 2.57. The van der Waals surface area contributed by atoms with E-state index in [1.165, 1.54) is 14.2 Å². The number of methoxy groups -OCH3 is 2. The summed E-state index contributed by atoms with van der Waals surface area (Å²) in [6.45, 7) is 4.92. The Kier molecular flexibility index (Phi) is 16.1. The summed E-state index contributed by atoms with van der Waals surface area (Å²) in [7, 11) is 2.70. The lowest BCUT2D eigenvalue weighted by Gasteiger charge is -2.40. The topological polar surface area (TPSA) is 126 Å². The fourth-order valence-corrected chi connectivity index (χ4v) is 9.39. The SMILES string of the molecule is CCS[C@@H]1OC(C(=O)OC)[C@@H]2O[C@@H](c3ccccc3)O[C@@H]2C1OCc1ccccc1.CCS[C@@H]1OC(C(=O)OC)[C@@H]2O[C@H](c3ccccc3)O[C@@H]2C1OCc1ccccc1. The van der Waals surface area contributed by atoms with Crippen LogP contribution in [0.15, 0.2) is 121 Å². The van der Waals surface area contributed by atoms with Crippen molar-refractivity contribution in [3.8, 4) is 0 Å². The van der Waals surface area contributed by atoms with E-state index in [0.29, 0.717) is 13.2 Å². The summed E-state index contributed by atoms with van der Waals surface area (Å²) in [5.41, 5.74) is 3.14. The number of esters is 2. The summed E-state index contributed by atoms with van der Waals surface area (Å²) in [6, 6.07) is 39.2. The van der Waals surface area contributed by atoms with Crippen molar-refractivity contribution in [1.29, 1.82) is 0 Å². The predicted molar refractivity (Wildman–Crippen MR) is 226 cm³/mol. The van der Waals surface area contributed by atoms with Crippen LogP contribution in [0.3, 0.4) is 0 Å². The van der Waals surface area contributed by atoms with E-state index in [9.17, 15) is 9.59 Å². The van der Waals surface area contributed by atoms with Gasteiger partial charge in [-0.3, -0.25) is 0 Å². The van der Waals surface area contributed by atoms with Crippen LogP contribution in [-0.4, -0.2) is 97.4 Å². The number of carbonyl (C=O) groups excluding carboxylic acids is 2. The normalized spacial score (nSPS) is 30.6. The quantitative estimate of drug-likeness (QED) is 0.117. The second kappa shape index (κ2) is 21.8. The van der Waals surface area contributed by atoms with Crippen LogP contribution in [-0.2, 0) is 70.2 Å². The Morgan fingerprint density at radius 2 is 0.817 bits per heavy atom. The van der Waals surface area contributed by atoms with E-state index in [1.807, 2.05) is 135 Å². The fourth-order valence-electron chi connectivity index (χ4n) is 7.49. The van der Waals surface area contributed by atoms with Gasteiger partial charge in [-0.2, -0.15) is 0 Å². The average molecular weight is 861 g/mol. The molecule has 4 fully saturated rings. The van der Waals surface area contributed by atoms with Gasteiger partial charge in [0.15, 0.2) is 24.8 Å². The highest BCUT2D eigenvalue weighted by Crippen LogP contribution is 2.44. The Hall–Kier alpha value is -3.80. The first kappa shape index (κ1) is 44.3. The van der Waals surface area contributed by atoms with Crippen molar-refractivity contribution in [2.24, 2.45) is 0 Å². The minimum absolute atomic E-state index is 0.373. The number of thioether (sulfide) groups is 2. The van der Waals surface area contributed by atoms with Crippen molar-refractivity contribution < 1.29 is 57.0 Å². The van der Waals surface area contributed by atoms with Gasteiger partial charge in [0.25, 0.3) is 0 Å². The van der Waals surface area contributed by atoms with Crippen LogP contribution in [0.2, 0.25) is 0 Å². The van der Waals surface area contributed by atoms with Crippen LogP contribution < -0.4 is 0 Å². The summed E-state index contributed by atoms with van der Waals surface area (Å²) >= 11 is 3.17. The fraction of sp³-hybridized carbons (Fsp3) is 0.435. The lowest BCUT2D eigenvalue weighted by molar-refractivity contribution is -0.198. The zero-order chi connectivity index (χ0) is 41.8. The highest BCUT2D eigenvalue weighted by molar-refractivity contribution is 8.00. The Morgan fingerprint density at radius 1 is 0.483 bits per heavy atom. The summed E-state index contributed by atoms with van der Waals surface area (Å²) in [4.78, 5) is 24.9. The third-order valence-electron chi connectivity index (χ3n) is 10.4. The first-order valence-corrected chi connectivity index (χ1v) is 22.2. The highest BCUT2D eigenvalue weighted by atomic mass is 32.2. The maximum atomic E-state index is 12.5. The van der Waals surface area contributed by atoms with Crippen LogP contribution in [0.25, 0.3) is 0 Å². The minimum Gasteiger partial charge on any atom is -0.467 e. The second-order valence-electron chi connectivity index (χ2n) is 14.2. The lowest BCUT2D eigenvalue weighted by Crippen LogP contribution is -2.58. The van der Waals surface area contributed by atoms with E-state index in [-0.39, 0.29) is 10.9 Å². The molecule has 0 amide bonds. The van der Waals surface area contributed by atoms with Crippen LogP contribution in [0.4, 0.5) is 0 Å². The van der Waals surface area contributed by atoms with Gasteiger partial charge >= 0.3 is 11.9 Å². The number of fused-ring (bicyclic) bond motifs is 2. The number of carbonyl (C=O) groups is 2. The van der Waals surface area contributed by atoms with Crippen molar-refractivity contribution in [2.75, 3.05) is 25.7 Å². The Bertz CT molecular complexity index is 1770. The largest absolute Gasteiger partial charge is 0.467 e. The van der Waals surface area contributed by atoms with Crippen LogP contribution in [0, 0.1) is 0 Å². The van der Waals surface area contributed by atoms with Crippen LogP contribution in [0.5, 0.6) is 0 Å². The van der Waals surface area contributed by atoms with Gasteiger partial charge in [0.2, 0.25) is 0 Å². The van der Waals surface area contributed by atoms with Crippen molar-refractivity contribution >= 4 is 35.5 Å². The molecule has 14 heteroatoms. The maximum absolute atomic E-state index is 12.5. The third-order valence-corrected chi connectivity index (χ3v) is 12.4. The van der Waals surface area contributed by atoms with Gasteiger partial charge in [-0.25, -0.2) is 9.59 Å². The molecule has 4 heterocycles. The van der Waals surface area contributed by atoms with E-state index in [2.05, 4.69) is 0 Å². The van der Waals surface area contributed by atoms with E-state index < -0.39 is 73.4 Å². The third kappa shape index (κ3) is 10.6. The molecule has 4 aliphatic rings. The second-order valence-corrected chi connectivity index (χ2v) is 17.0. The molecule has 4 saturated heterocycles. The van der Waals surface area contributed by atoms with Gasteiger partial charge in [0, 0.05) is 11.1 Å². The minimum atomic E-state index is -0.866. The molecule has 4 aromatic rings. The molecule has 4 aliphatic heterocycles. The summed E-state index contributed by atoms with van der Waals surface area (Å²) < 4.78 is 59.7. The zero-order valence-electron chi connectivity index (χ0n) is 34.0. The molecule has 0 aliphatic carbocycles. The van der Waals surface area contributed by atoms with Crippen LogP contribution in [0.1, 0.15) is 48.7 Å². The standard InChI is InChI=1S/2C23H26O6S/c2*1-3-30-23-20(26-14-15-10-6-4-7-11-15)18-17(19(29-23)21(24)25-2)27-22(28-18)16-12-8-5-9-13-16/h2*4-13,17-20,22-23H,3,14H2,1-2H3/t17-,18+,19?,20?,22+,23+;17-,18+,19?,20?,22-,23+/m11/s1. The lowest BCUT2D eigenvalue weighted by atomic mass is 9.99. The molecular formula is C46H52O12S2. The number of benzene rings is 4. The molecule has 0 spiro atoms. The van der Waals surface area contributed by atoms with E-state index in [0.717, 1.165) is 33.8 Å². The van der Waals surface area contributed by atoms with Crippen molar-refractivity contribution in [2.45, 2.75) is 99.3 Å². The first-order valence-electron chi connectivity index (χ1n) is 20.1. The molecule has 0 saturated carbocycles. The molecule has 0 radical (unpaired) electrons. The predicted octanol–water partition coefficient (Wildman–Crippen LogP) is 7.41. The first-order chi connectivity index (χ1) is 29.4. The van der Waals surface area contributed by atoms with Gasteiger partial charge in [-0.1, -0.05) is 135 Å². The molecule has 12 nitrogen and oxygen atoms in total. The Morgan fingerprint density at radius 3 is 1.15 bits per heavy atom. The molecule has 12 atom stereocenters. The van der Waals surface area contributed by atoms with Gasteiger partial charge in [-0.05, 0) is 22.6 Å². The zero-order valence-corrected chi connectivity index (χ0v) is 35.7. The van der Waals surface area contributed by atoms with Gasteiger partial charge in [0.05, 0.1) is 27.4 Å². The van der Waals surface area contributed by atoms with Crippen LogP contribution >= 0.6 is 23.5 Å². The van der Waals surface area contributed by atoms with E-state index >= 15 is 0 Å². The molecule has 0 aromatic heterocycles. The maximum Gasteiger partial charge on any atom is 0.337 e. The van der Waals surface area contributed by atoms with Crippen molar-refractivity contribution in [3.63, 3.8) is 0 Å². The number of hydrogen-bond acceptors (Lipinski definition) is 14. The molecule has 8 rings (SSSR count). The molecule has 60 heavy (non-hydrogen) atoms. The Balaban J connectivity index is 0.000000181. The van der Waals surface area contributed by atoms with E-state index in [1.54, 1.807) is 23.5 Å². The van der Waals surface area contributed by atoms with Crippen molar-refractivity contribution in [1.82, 2.24) is 0 Å². The number of hydrogen-bond donors (Lipinski definition) is 0. The van der Waals surface area contributed by atoms with Gasteiger partial charge in [0.1, 0.15) is 47.5 Å². The Labute approximate surface area is 359 Å². The molecule has 4 unspecified atom stereocenters. The van der Waals surface area contributed by atoms with Gasteiger partial charge in [-0.15, -0.1) is 23.5 Å². The summed E-state index contributed by atoms with van der Waals surface area (Å²) in [5, 5.41) is 0. The molecule has 0 bridgehead atoms. The molecule has 4 aromatic carbocycles. The number of ether oxygens (including phenoxy) is 10. The van der Waals surface area contributed by atoms with Crippen molar-refractivity contribution in [3.05, 3.63) is 144 Å². The molecule has 320 valence electrons. The van der Waals surface area contributed by atoms with E-state index in [4.69, 9.17) is 47.4 Å². The molecular weight excluding hydrogens is 809 g/mol. The summed E-state index contributed by atoms with van der Waals surface area (Å²) in [5.74, 6) is 0.685. The van der Waals surface area contributed by atoms with Gasteiger partial charge < -0.3 is 47.4 Å².